The van der Waals surface area contributed by atoms with Gasteiger partial charge in [-0.3, -0.25) is 9.59 Å². The molecule has 2 aliphatic heterocycles. The Morgan fingerprint density at radius 1 is 0.565 bits per heavy atom. The van der Waals surface area contributed by atoms with E-state index >= 15 is 0 Å². The summed E-state index contributed by atoms with van der Waals surface area (Å²) >= 11 is 0. The predicted octanol–water partition coefficient (Wildman–Crippen LogP) is 8.33. The van der Waals surface area contributed by atoms with Crippen LogP contribution in [0.1, 0.15) is 112 Å². The highest BCUT2D eigenvalue weighted by molar-refractivity contribution is 5.96. The Kier molecular flexibility index (Phi) is 9.94. The molecule has 0 spiro atoms. The van der Waals surface area contributed by atoms with E-state index in [0.717, 1.165) is 92.8 Å². The molecule has 0 aromatic carbocycles. The second-order valence-electron chi connectivity index (χ2n) is 11.9. The zero-order valence-electron chi connectivity index (χ0n) is 28.5. The van der Waals surface area contributed by atoms with E-state index in [2.05, 4.69) is 69.7 Å². The number of esters is 2. The van der Waals surface area contributed by atoms with E-state index in [9.17, 15) is 9.59 Å². The summed E-state index contributed by atoms with van der Waals surface area (Å²) in [5.74, 6) is -0.524. The number of carbonyl (C=O) groups excluding carboxylic acids is 2. The lowest BCUT2D eigenvalue weighted by Gasteiger charge is -2.06. The summed E-state index contributed by atoms with van der Waals surface area (Å²) in [7, 11) is 2.83. The first-order chi connectivity index (χ1) is 22.2. The van der Waals surface area contributed by atoms with Crippen LogP contribution >= 0.6 is 0 Å². The third kappa shape index (κ3) is 6.17. The molecular formula is C38H46N4O4. The summed E-state index contributed by atoms with van der Waals surface area (Å²) in [6.07, 6.45) is 5.09. The normalized spacial score (nSPS) is 13.0. The molecule has 5 rings (SSSR count). The lowest BCUT2D eigenvalue weighted by molar-refractivity contribution is -0.141. The quantitative estimate of drug-likeness (QED) is 0.220. The summed E-state index contributed by atoms with van der Waals surface area (Å²) in [5.41, 5.74) is 16.9. The van der Waals surface area contributed by atoms with Gasteiger partial charge in [-0.05, 0) is 121 Å². The van der Waals surface area contributed by atoms with Crippen LogP contribution in [0.3, 0.4) is 0 Å². The fourth-order valence-electron chi connectivity index (χ4n) is 6.96. The first kappa shape index (κ1) is 32.9. The predicted molar refractivity (Wildman–Crippen MR) is 186 cm³/mol. The number of nitrogens with zero attached hydrogens (tertiary/aromatic N) is 2. The number of aromatic amines is 2. The van der Waals surface area contributed by atoms with Crippen LogP contribution < -0.4 is 0 Å². The summed E-state index contributed by atoms with van der Waals surface area (Å²) < 4.78 is 9.95. The topological polar surface area (TPSA) is 110 Å². The molecule has 242 valence electrons. The van der Waals surface area contributed by atoms with Crippen molar-refractivity contribution in [3.05, 3.63) is 69.3 Å². The number of allylic oxidation sites excluding steroid dienone is 4. The minimum absolute atomic E-state index is 0.251. The van der Waals surface area contributed by atoms with Crippen molar-refractivity contribution in [1.29, 1.82) is 0 Å². The standard InChI is InChI=1S/C38H46N4O4/c1-9-23-25(11-3)33-19-34-26(12-4)24(10-2)32(42-34)18-30-22(6)28(14-16-38(44)46-8)36(40-30)20-35-27(13-15-37(43)45-7)21(5)29(39-35)17-31(23)41-33/h17-20,41-42H,9-16H2,1-8H3. The van der Waals surface area contributed by atoms with Gasteiger partial charge in [-0.1, -0.05) is 27.7 Å². The van der Waals surface area contributed by atoms with Crippen LogP contribution in [0.15, 0.2) is 24.3 Å². The Morgan fingerprint density at radius 2 is 0.913 bits per heavy atom. The van der Waals surface area contributed by atoms with Gasteiger partial charge in [-0.15, -0.1) is 0 Å². The van der Waals surface area contributed by atoms with E-state index in [1.54, 1.807) is 0 Å². The van der Waals surface area contributed by atoms with Gasteiger partial charge in [0.2, 0.25) is 0 Å². The Labute approximate surface area is 271 Å². The number of H-pyrrole nitrogens is 2. The van der Waals surface area contributed by atoms with Crippen molar-refractivity contribution in [3.63, 3.8) is 0 Å². The molecule has 2 aliphatic rings. The Balaban J connectivity index is 1.91. The third-order valence-electron chi connectivity index (χ3n) is 9.49. The van der Waals surface area contributed by atoms with Crippen molar-refractivity contribution in [1.82, 2.24) is 19.9 Å². The maximum absolute atomic E-state index is 12.2. The Bertz CT molecular complexity index is 1790. The average molecular weight is 623 g/mol. The van der Waals surface area contributed by atoms with Crippen molar-refractivity contribution in [2.24, 2.45) is 0 Å². The monoisotopic (exact) mass is 622 g/mol. The molecule has 8 bridgehead atoms. The smallest absolute Gasteiger partial charge is 0.305 e. The van der Waals surface area contributed by atoms with Crippen LogP contribution in [0.5, 0.6) is 0 Å². The number of methoxy groups -OCH3 is 2. The van der Waals surface area contributed by atoms with Gasteiger partial charge in [0.1, 0.15) is 0 Å². The van der Waals surface area contributed by atoms with Crippen LogP contribution in [0, 0.1) is 0 Å². The first-order valence-electron chi connectivity index (χ1n) is 16.5. The van der Waals surface area contributed by atoms with Gasteiger partial charge in [0.05, 0.1) is 37.0 Å². The molecular weight excluding hydrogens is 576 g/mol. The zero-order valence-corrected chi connectivity index (χ0v) is 28.5. The summed E-state index contributed by atoms with van der Waals surface area (Å²) in [5, 5.41) is 0. The number of aromatic nitrogens is 4. The van der Waals surface area contributed by atoms with Gasteiger partial charge in [-0.25, -0.2) is 9.97 Å². The van der Waals surface area contributed by atoms with Gasteiger partial charge in [-0.2, -0.15) is 0 Å². The zero-order chi connectivity index (χ0) is 33.1. The second kappa shape index (κ2) is 13.9. The number of nitrogens with one attached hydrogen (secondary N) is 2. The highest BCUT2D eigenvalue weighted by atomic mass is 16.5. The van der Waals surface area contributed by atoms with Gasteiger partial charge >= 0.3 is 11.9 Å². The van der Waals surface area contributed by atoms with E-state index in [0.29, 0.717) is 12.8 Å². The molecule has 5 heterocycles. The van der Waals surface area contributed by atoms with E-state index in [1.807, 2.05) is 6.07 Å². The van der Waals surface area contributed by atoms with Crippen molar-refractivity contribution in [2.45, 2.75) is 92.9 Å². The lowest BCUT2D eigenvalue weighted by Crippen LogP contribution is -2.01. The molecule has 3 aromatic rings. The van der Waals surface area contributed by atoms with E-state index in [-0.39, 0.29) is 24.8 Å². The minimum Gasteiger partial charge on any atom is -0.469 e. The number of rotatable bonds is 10. The summed E-state index contributed by atoms with van der Waals surface area (Å²) in [4.78, 5) is 42.3. The highest BCUT2D eigenvalue weighted by Crippen LogP contribution is 2.38. The second-order valence-corrected chi connectivity index (χ2v) is 11.9. The van der Waals surface area contributed by atoms with Crippen molar-refractivity contribution in [3.8, 4) is 0 Å². The van der Waals surface area contributed by atoms with Crippen LogP contribution in [0.2, 0.25) is 0 Å². The van der Waals surface area contributed by atoms with Gasteiger partial charge in [0.15, 0.2) is 0 Å². The average Bonchev–Trinajstić information content (AvgIpc) is 3.75. The SMILES string of the molecule is CCc1c(CC)c2cc3[nH]c(cc4nc(cc5nc(cc1[nH]2)C(C)=C5CCC(=O)OC)C(CCC(=O)OC)=C4C)c(CC)c3CC. The maximum Gasteiger partial charge on any atom is 0.305 e. The molecule has 0 radical (unpaired) electrons. The molecule has 0 unspecified atom stereocenters. The van der Waals surface area contributed by atoms with Gasteiger partial charge < -0.3 is 19.4 Å². The van der Waals surface area contributed by atoms with E-state index in [4.69, 9.17) is 19.4 Å². The maximum atomic E-state index is 12.2. The molecule has 3 aromatic heterocycles. The number of ether oxygens (including phenoxy) is 2. The molecule has 0 fully saturated rings. The first-order valence-corrected chi connectivity index (χ1v) is 16.5. The Hall–Kier alpha value is -4.46. The minimum atomic E-state index is -0.262. The summed E-state index contributed by atoms with van der Waals surface area (Å²) in [6.45, 7) is 13.0. The molecule has 0 amide bonds. The van der Waals surface area contributed by atoms with Crippen molar-refractivity contribution in [2.75, 3.05) is 14.2 Å². The number of fused-ring (bicyclic) bond motifs is 8. The molecule has 8 heteroatoms. The van der Waals surface area contributed by atoms with Crippen molar-refractivity contribution >= 4 is 56.3 Å². The van der Waals surface area contributed by atoms with Crippen LogP contribution in [-0.2, 0) is 44.7 Å². The van der Waals surface area contributed by atoms with Gasteiger partial charge in [0.25, 0.3) is 0 Å². The molecule has 46 heavy (non-hydrogen) atoms. The summed E-state index contributed by atoms with van der Waals surface area (Å²) in [6, 6.07) is 8.58. The fraction of sp³-hybridized carbons (Fsp3) is 0.421. The molecule has 0 atom stereocenters. The van der Waals surface area contributed by atoms with Crippen LogP contribution in [0.25, 0.3) is 44.4 Å². The number of aryl methyl sites for hydroxylation is 4. The fourth-order valence-corrected chi connectivity index (χ4v) is 6.96. The lowest BCUT2D eigenvalue weighted by atomic mass is 9.98. The number of carbonyl (C=O) groups is 2. The van der Waals surface area contributed by atoms with Crippen molar-refractivity contribution < 1.29 is 19.1 Å². The molecule has 8 nitrogen and oxygen atoms in total. The van der Waals surface area contributed by atoms with Crippen LogP contribution in [0.4, 0.5) is 0 Å². The molecule has 0 saturated heterocycles. The molecule has 0 saturated carbocycles. The van der Waals surface area contributed by atoms with E-state index in [1.165, 1.54) is 36.5 Å². The number of hydrogen-bond acceptors (Lipinski definition) is 6. The molecule has 0 aliphatic carbocycles. The van der Waals surface area contributed by atoms with Gasteiger partial charge in [0, 0.05) is 34.9 Å². The Morgan fingerprint density at radius 3 is 1.24 bits per heavy atom. The third-order valence-corrected chi connectivity index (χ3v) is 9.49. The van der Waals surface area contributed by atoms with E-state index < -0.39 is 0 Å². The largest absolute Gasteiger partial charge is 0.469 e. The van der Waals surface area contributed by atoms with Crippen LogP contribution in [-0.4, -0.2) is 46.1 Å². The highest BCUT2D eigenvalue weighted by Gasteiger charge is 2.23. The number of hydrogen-bond donors (Lipinski definition) is 2. The molecule has 2 N–H and O–H groups in total.